The zero-order chi connectivity index (χ0) is 15.4. The number of nitrogens with two attached hydrogens (primary N) is 1. The van der Waals surface area contributed by atoms with Gasteiger partial charge in [0.15, 0.2) is 0 Å². The summed E-state index contributed by atoms with van der Waals surface area (Å²) in [5.41, 5.74) is 6.64. The summed E-state index contributed by atoms with van der Waals surface area (Å²) in [6.07, 6.45) is 4.22. The van der Waals surface area contributed by atoms with Crippen molar-refractivity contribution < 1.29 is 4.79 Å². The lowest BCUT2D eigenvalue weighted by Gasteiger charge is -2.06. The molecule has 0 radical (unpaired) electrons. The SMILES string of the molecule is CC(C)CCCNc1sc(C(=O)NC2CC2)c(N)c1C#N. The summed E-state index contributed by atoms with van der Waals surface area (Å²) in [7, 11) is 0. The van der Waals surface area contributed by atoms with E-state index in [2.05, 4.69) is 30.6 Å². The van der Waals surface area contributed by atoms with Gasteiger partial charge >= 0.3 is 0 Å². The van der Waals surface area contributed by atoms with E-state index >= 15 is 0 Å². The maximum atomic E-state index is 12.1. The van der Waals surface area contributed by atoms with Gasteiger partial charge in [0.25, 0.3) is 5.91 Å². The molecular weight excluding hydrogens is 284 g/mol. The van der Waals surface area contributed by atoms with Crippen molar-refractivity contribution in [1.29, 1.82) is 5.26 Å². The van der Waals surface area contributed by atoms with E-state index in [0.717, 1.165) is 32.2 Å². The topological polar surface area (TPSA) is 90.9 Å². The van der Waals surface area contributed by atoms with Gasteiger partial charge in [-0.2, -0.15) is 5.26 Å². The van der Waals surface area contributed by atoms with Gasteiger partial charge in [0, 0.05) is 12.6 Å². The first-order valence-electron chi connectivity index (χ1n) is 7.40. The Hall–Kier alpha value is -1.74. The fourth-order valence-electron chi connectivity index (χ4n) is 2.04. The van der Waals surface area contributed by atoms with Crippen molar-refractivity contribution >= 4 is 27.9 Å². The van der Waals surface area contributed by atoms with Crippen LogP contribution >= 0.6 is 11.3 Å². The molecule has 1 aromatic rings. The first-order chi connectivity index (χ1) is 10.0. The molecule has 21 heavy (non-hydrogen) atoms. The largest absolute Gasteiger partial charge is 0.396 e. The van der Waals surface area contributed by atoms with Crippen LogP contribution in [0.25, 0.3) is 0 Å². The molecule has 1 aromatic heterocycles. The van der Waals surface area contributed by atoms with Crippen LogP contribution in [0.2, 0.25) is 0 Å². The van der Waals surface area contributed by atoms with E-state index in [-0.39, 0.29) is 11.9 Å². The number of hydrogen-bond acceptors (Lipinski definition) is 5. The highest BCUT2D eigenvalue weighted by Crippen LogP contribution is 2.35. The summed E-state index contributed by atoms with van der Waals surface area (Å²) >= 11 is 1.28. The number of nitrogen functional groups attached to an aromatic ring is 1. The second-order valence-corrected chi connectivity index (χ2v) is 6.89. The fraction of sp³-hybridized carbons (Fsp3) is 0.600. The van der Waals surface area contributed by atoms with Gasteiger partial charge in [-0.3, -0.25) is 4.79 Å². The molecule has 0 saturated heterocycles. The highest BCUT2D eigenvalue weighted by atomic mass is 32.1. The normalized spacial score (nSPS) is 14.0. The minimum Gasteiger partial charge on any atom is -0.396 e. The zero-order valence-corrected chi connectivity index (χ0v) is 13.3. The van der Waals surface area contributed by atoms with Crippen LogP contribution in [0.1, 0.15) is 54.8 Å². The van der Waals surface area contributed by atoms with E-state index < -0.39 is 0 Å². The molecule has 5 nitrogen and oxygen atoms in total. The molecule has 1 aliphatic carbocycles. The number of nitriles is 1. The molecule has 0 aliphatic heterocycles. The third-order valence-corrected chi connectivity index (χ3v) is 4.58. The molecule has 0 bridgehead atoms. The second-order valence-electron chi connectivity index (χ2n) is 5.87. The predicted molar refractivity (Wildman–Crippen MR) is 86.5 cm³/mol. The number of nitrogens with zero attached hydrogens (tertiary/aromatic N) is 1. The molecule has 6 heteroatoms. The van der Waals surface area contributed by atoms with Gasteiger partial charge < -0.3 is 16.4 Å². The average molecular weight is 306 g/mol. The van der Waals surface area contributed by atoms with E-state index in [9.17, 15) is 10.1 Å². The van der Waals surface area contributed by atoms with E-state index in [1.165, 1.54) is 11.3 Å². The number of amides is 1. The molecule has 1 aliphatic rings. The van der Waals surface area contributed by atoms with Crippen LogP contribution in [0.5, 0.6) is 0 Å². The number of thiophene rings is 1. The Morgan fingerprint density at radius 3 is 2.81 bits per heavy atom. The lowest BCUT2D eigenvalue weighted by molar-refractivity contribution is 0.0956. The third kappa shape index (κ3) is 4.11. The number of carbonyl (C=O) groups excluding carboxylic acids is 1. The summed E-state index contributed by atoms with van der Waals surface area (Å²) in [6, 6.07) is 2.38. The zero-order valence-electron chi connectivity index (χ0n) is 12.5. The highest BCUT2D eigenvalue weighted by Gasteiger charge is 2.27. The lowest BCUT2D eigenvalue weighted by atomic mass is 10.1. The first-order valence-corrected chi connectivity index (χ1v) is 8.21. The van der Waals surface area contributed by atoms with Crippen molar-refractivity contribution in [2.24, 2.45) is 5.92 Å². The standard InChI is InChI=1S/C15H22N4OS/c1-9(2)4-3-7-18-15-11(8-16)12(17)13(21-15)14(20)19-10-5-6-10/h9-10,18H,3-7,17H2,1-2H3,(H,19,20). The molecule has 1 fully saturated rings. The summed E-state index contributed by atoms with van der Waals surface area (Å²) in [5, 5.41) is 16.1. The maximum absolute atomic E-state index is 12.1. The number of rotatable bonds is 7. The van der Waals surface area contributed by atoms with Crippen molar-refractivity contribution in [3.8, 4) is 6.07 Å². The van der Waals surface area contributed by atoms with E-state index in [4.69, 9.17) is 5.73 Å². The van der Waals surface area contributed by atoms with Gasteiger partial charge in [0.1, 0.15) is 21.5 Å². The van der Waals surface area contributed by atoms with Gasteiger partial charge in [-0.25, -0.2) is 0 Å². The van der Waals surface area contributed by atoms with Gasteiger partial charge in [0.2, 0.25) is 0 Å². The summed E-state index contributed by atoms with van der Waals surface area (Å²) in [5.74, 6) is 0.502. The molecule has 1 amide bonds. The van der Waals surface area contributed by atoms with Crippen molar-refractivity contribution in [3.05, 3.63) is 10.4 Å². The molecule has 1 heterocycles. The average Bonchev–Trinajstić information content (AvgIpc) is 3.17. The Kier molecular flexibility index (Phi) is 5.07. The van der Waals surface area contributed by atoms with Crippen molar-refractivity contribution in [2.75, 3.05) is 17.6 Å². The van der Waals surface area contributed by atoms with E-state index in [1.54, 1.807) is 0 Å². The van der Waals surface area contributed by atoms with Crippen LogP contribution in [-0.2, 0) is 0 Å². The lowest BCUT2D eigenvalue weighted by Crippen LogP contribution is -2.25. The Bertz CT molecular complexity index is 555. The molecule has 0 aromatic carbocycles. The molecule has 2 rings (SSSR count). The van der Waals surface area contributed by atoms with Crippen LogP contribution in [0.4, 0.5) is 10.7 Å². The molecule has 4 N–H and O–H groups in total. The maximum Gasteiger partial charge on any atom is 0.263 e. The molecule has 114 valence electrons. The Labute approximate surface area is 129 Å². The van der Waals surface area contributed by atoms with Crippen LogP contribution in [-0.4, -0.2) is 18.5 Å². The molecular formula is C15H22N4OS. The predicted octanol–water partition coefficient (Wildman–Crippen LogP) is 2.94. The summed E-state index contributed by atoms with van der Waals surface area (Å²) in [4.78, 5) is 12.5. The number of nitrogens with one attached hydrogen (secondary N) is 2. The minimum absolute atomic E-state index is 0.160. The number of hydrogen-bond donors (Lipinski definition) is 3. The second kappa shape index (κ2) is 6.81. The highest BCUT2D eigenvalue weighted by molar-refractivity contribution is 7.18. The van der Waals surface area contributed by atoms with Gasteiger partial charge in [-0.15, -0.1) is 11.3 Å². The monoisotopic (exact) mass is 306 g/mol. The van der Waals surface area contributed by atoms with E-state index in [1.807, 2.05) is 0 Å². The summed E-state index contributed by atoms with van der Waals surface area (Å²) in [6.45, 7) is 5.16. The van der Waals surface area contributed by atoms with Crippen molar-refractivity contribution in [2.45, 2.75) is 45.6 Å². The third-order valence-electron chi connectivity index (χ3n) is 3.42. The van der Waals surface area contributed by atoms with Gasteiger partial charge in [-0.1, -0.05) is 13.8 Å². The minimum atomic E-state index is -0.160. The van der Waals surface area contributed by atoms with Gasteiger partial charge in [-0.05, 0) is 31.6 Å². The van der Waals surface area contributed by atoms with E-state index in [0.29, 0.717) is 27.0 Å². The van der Waals surface area contributed by atoms with Crippen LogP contribution < -0.4 is 16.4 Å². The van der Waals surface area contributed by atoms with Gasteiger partial charge in [0.05, 0.1) is 5.69 Å². The smallest absolute Gasteiger partial charge is 0.263 e. The number of carbonyl (C=O) groups is 1. The Morgan fingerprint density at radius 1 is 1.52 bits per heavy atom. The van der Waals surface area contributed by atoms with Crippen LogP contribution in [0.15, 0.2) is 0 Å². The van der Waals surface area contributed by atoms with Crippen molar-refractivity contribution in [3.63, 3.8) is 0 Å². The Balaban J connectivity index is 2.03. The summed E-state index contributed by atoms with van der Waals surface area (Å²) < 4.78 is 0. The van der Waals surface area contributed by atoms with Crippen molar-refractivity contribution in [1.82, 2.24) is 5.32 Å². The number of anilines is 2. The molecule has 0 atom stereocenters. The molecule has 0 unspecified atom stereocenters. The first kappa shape index (κ1) is 15.6. The van der Waals surface area contributed by atoms with Crippen LogP contribution in [0.3, 0.4) is 0 Å². The molecule has 1 saturated carbocycles. The quantitative estimate of drug-likeness (QED) is 0.675. The van der Waals surface area contributed by atoms with Crippen LogP contribution in [0, 0.1) is 17.2 Å². The molecule has 0 spiro atoms. The fourth-order valence-corrected chi connectivity index (χ4v) is 3.04. The Morgan fingerprint density at radius 2 is 2.24 bits per heavy atom.